The molecule has 0 saturated carbocycles. The summed E-state index contributed by atoms with van der Waals surface area (Å²) in [5.74, 6) is 2.29. The first-order valence-corrected chi connectivity index (χ1v) is 12.0. The van der Waals surface area contributed by atoms with Gasteiger partial charge in [-0.3, -0.25) is 0 Å². The summed E-state index contributed by atoms with van der Waals surface area (Å²) in [7, 11) is 0. The van der Waals surface area contributed by atoms with E-state index in [-0.39, 0.29) is 12.8 Å². The molecule has 1 aromatic heterocycles. The zero-order valence-corrected chi connectivity index (χ0v) is 19.8. The lowest BCUT2D eigenvalue weighted by atomic mass is 9.95. The van der Waals surface area contributed by atoms with Crippen LogP contribution >= 0.6 is 24.0 Å². The Bertz CT molecular complexity index is 1250. The number of rotatable bonds is 6. The highest BCUT2D eigenvalue weighted by atomic mass is 32.2. The van der Waals surface area contributed by atoms with Gasteiger partial charge in [-0.2, -0.15) is 4.98 Å². The van der Waals surface area contributed by atoms with E-state index >= 15 is 0 Å². The van der Waals surface area contributed by atoms with Crippen LogP contribution in [0, 0.1) is 0 Å². The summed E-state index contributed by atoms with van der Waals surface area (Å²) in [6.07, 6.45) is 3.87. The van der Waals surface area contributed by atoms with E-state index in [0.717, 1.165) is 22.4 Å². The molecule has 0 saturated heterocycles. The number of thiocarbonyl (C=S) groups is 1. The van der Waals surface area contributed by atoms with Gasteiger partial charge in [0.25, 0.3) is 5.89 Å². The third kappa shape index (κ3) is 3.98. The Morgan fingerprint density at radius 3 is 2.76 bits per heavy atom. The molecule has 0 radical (unpaired) electrons. The van der Waals surface area contributed by atoms with Gasteiger partial charge in [0.05, 0.1) is 11.6 Å². The van der Waals surface area contributed by atoms with Crippen molar-refractivity contribution in [2.75, 3.05) is 19.6 Å². The monoisotopic (exact) mass is 478 g/mol. The van der Waals surface area contributed by atoms with Gasteiger partial charge >= 0.3 is 0 Å². The predicted octanol–water partition coefficient (Wildman–Crippen LogP) is 5.04. The summed E-state index contributed by atoms with van der Waals surface area (Å²) in [5, 5.41) is 8.33. The molecule has 3 heterocycles. The van der Waals surface area contributed by atoms with Crippen molar-refractivity contribution in [3.63, 3.8) is 0 Å². The molecular formula is C24H22N4O3S2. The predicted molar refractivity (Wildman–Crippen MR) is 132 cm³/mol. The minimum Gasteiger partial charge on any atom is -0.454 e. The van der Waals surface area contributed by atoms with Gasteiger partial charge in [0.2, 0.25) is 12.6 Å². The molecule has 0 fully saturated rings. The first-order chi connectivity index (χ1) is 16.1. The molecule has 2 aromatic carbocycles. The van der Waals surface area contributed by atoms with Crippen LogP contribution in [0.15, 0.2) is 70.2 Å². The molecule has 0 amide bonds. The highest BCUT2D eigenvalue weighted by Gasteiger charge is 2.33. The number of hydrogen-bond acceptors (Lipinski definition) is 7. The van der Waals surface area contributed by atoms with Crippen LogP contribution in [0.5, 0.6) is 11.5 Å². The summed E-state index contributed by atoms with van der Waals surface area (Å²) in [4.78, 5) is 7.91. The molecule has 1 unspecified atom stereocenters. The highest BCUT2D eigenvalue weighted by molar-refractivity contribution is 7.98. The van der Waals surface area contributed by atoms with E-state index in [0.29, 0.717) is 34.9 Å². The maximum atomic E-state index is 5.78. The second-order valence-corrected chi connectivity index (χ2v) is 8.81. The minimum atomic E-state index is -0.223. The lowest BCUT2D eigenvalue weighted by Crippen LogP contribution is -2.45. The molecule has 7 nitrogen and oxygen atoms in total. The number of allylic oxidation sites excluding steroid dienone is 1. The van der Waals surface area contributed by atoms with Gasteiger partial charge in [0.1, 0.15) is 0 Å². The SMILES string of the molecule is C=CCN1C(=S)NC(c2ccc(SC)cc2)C(c2nc(-c3ccc4c(c3)OCO4)no2)=C1C. The first-order valence-electron chi connectivity index (χ1n) is 10.4. The Morgan fingerprint density at radius 1 is 1.21 bits per heavy atom. The van der Waals surface area contributed by atoms with Crippen molar-refractivity contribution in [3.8, 4) is 22.9 Å². The van der Waals surface area contributed by atoms with Crippen molar-refractivity contribution in [2.24, 2.45) is 0 Å². The maximum absolute atomic E-state index is 5.78. The number of thioether (sulfide) groups is 1. The topological polar surface area (TPSA) is 72.7 Å². The van der Waals surface area contributed by atoms with Crippen molar-refractivity contribution < 1.29 is 14.0 Å². The Balaban J connectivity index is 1.57. The number of fused-ring (bicyclic) bond motifs is 1. The van der Waals surface area contributed by atoms with Gasteiger partial charge in [0, 0.05) is 22.7 Å². The fourth-order valence-corrected chi connectivity index (χ4v) is 4.68. The molecule has 9 heteroatoms. The summed E-state index contributed by atoms with van der Waals surface area (Å²) < 4.78 is 16.7. The van der Waals surface area contributed by atoms with Crippen molar-refractivity contribution >= 4 is 34.7 Å². The Labute approximate surface area is 201 Å². The number of benzene rings is 2. The maximum Gasteiger partial charge on any atom is 0.258 e. The van der Waals surface area contributed by atoms with Crippen LogP contribution in [-0.2, 0) is 0 Å². The molecule has 2 aliphatic heterocycles. The van der Waals surface area contributed by atoms with E-state index in [2.05, 4.69) is 47.6 Å². The summed E-state index contributed by atoms with van der Waals surface area (Å²) in [6, 6.07) is 13.8. The van der Waals surface area contributed by atoms with Crippen LogP contribution in [-0.4, -0.2) is 39.7 Å². The van der Waals surface area contributed by atoms with Crippen molar-refractivity contribution in [3.05, 3.63) is 72.3 Å². The largest absolute Gasteiger partial charge is 0.454 e. The van der Waals surface area contributed by atoms with Crippen LogP contribution in [0.4, 0.5) is 0 Å². The van der Waals surface area contributed by atoms with Gasteiger partial charge in [-0.25, -0.2) is 0 Å². The van der Waals surface area contributed by atoms with Gasteiger partial charge in [0.15, 0.2) is 16.6 Å². The molecule has 33 heavy (non-hydrogen) atoms. The van der Waals surface area contributed by atoms with Crippen molar-refractivity contribution in [1.82, 2.24) is 20.4 Å². The van der Waals surface area contributed by atoms with Gasteiger partial charge < -0.3 is 24.2 Å². The Hall–Kier alpha value is -3.30. The molecule has 3 aromatic rings. The molecule has 0 bridgehead atoms. The number of ether oxygens (including phenoxy) is 2. The van der Waals surface area contributed by atoms with Crippen molar-refractivity contribution in [2.45, 2.75) is 17.9 Å². The molecule has 168 valence electrons. The van der Waals surface area contributed by atoms with Crippen LogP contribution in [0.1, 0.15) is 24.4 Å². The van der Waals surface area contributed by atoms with E-state index in [1.165, 1.54) is 4.90 Å². The normalized spacial score (nSPS) is 17.3. The Morgan fingerprint density at radius 2 is 2.00 bits per heavy atom. The zero-order chi connectivity index (χ0) is 22.9. The standard InChI is InChI=1S/C24H22N4O3S2/c1-4-11-28-14(2)20(21(25-24(28)32)15-5-8-17(33-3)9-6-15)23-26-22(27-31-23)16-7-10-18-19(12-16)30-13-29-18/h4-10,12,21H,1,11,13H2,2-3H3,(H,25,32). The minimum absolute atomic E-state index is 0.212. The number of hydrogen-bond donors (Lipinski definition) is 1. The van der Waals surface area contributed by atoms with Crippen LogP contribution in [0.2, 0.25) is 0 Å². The van der Waals surface area contributed by atoms with Gasteiger partial charge in [-0.15, -0.1) is 18.3 Å². The fourth-order valence-electron chi connectivity index (χ4n) is 3.94. The van der Waals surface area contributed by atoms with E-state index in [1.807, 2.05) is 36.1 Å². The van der Waals surface area contributed by atoms with Crippen LogP contribution in [0.3, 0.4) is 0 Å². The zero-order valence-electron chi connectivity index (χ0n) is 18.2. The smallest absolute Gasteiger partial charge is 0.258 e. The van der Waals surface area contributed by atoms with E-state index in [1.54, 1.807) is 11.8 Å². The highest BCUT2D eigenvalue weighted by Crippen LogP contribution is 2.39. The molecular weight excluding hydrogens is 456 g/mol. The fraction of sp³-hybridized carbons (Fsp3) is 0.208. The molecule has 0 aliphatic carbocycles. The average Bonchev–Trinajstić information content (AvgIpc) is 3.50. The molecule has 1 N–H and O–H groups in total. The van der Waals surface area contributed by atoms with E-state index < -0.39 is 0 Å². The third-order valence-electron chi connectivity index (χ3n) is 5.64. The summed E-state index contributed by atoms with van der Waals surface area (Å²) in [6.45, 7) is 6.66. The summed E-state index contributed by atoms with van der Waals surface area (Å²) >= 11 is 7.36. The van der Waals surface area contributed by atoms with Crippen LogP contribution < -0.4 is 14.8 Å². The lowest BCUT2D eigenvalue weighted by Gasteiger charge is -2.36. The van der Waals surface area contributed by atoms with Gasteiger partial charge in [-0.1, -0.05) is 23.4 Å². The third-order valence-corrected chi connectivity index (χ3v) is 6.73. The average molecular weight is 479 g/mol. The Kier molecular flexibility index (Phi) is 5.82. The number of nitrogens with zero attached hydrogens (tertiary/aromatic N) is 3. The van der Waals surface area contributed by atoms with E-state index in [9.17, 15) is 0 Å². The number of aromatic nitrogens is 2. The van der Waals surface area contributed by atoms with Gasteiger partial charge in [-0.05, 0) is 61.3 Å². The molecule has 1 atom stereocenters. The first kappa shape index (κ1) is 21.5. The van der Waals surface area contributed by atoms with Crippen molar-refractivity contribution in [1.29, 1.82) is 0 Å². The van der Waals surface area contributed by atoms with Crippen LogP contribution in [0.25, 0.3) is 17.0 Å². The second-order valence-electron chi connectivity index (χ2n) is 7.55. The molecule has 2 aliphatic rings. The molecule has 0 spiro atoms. The lowest BCUT2D eigenvalue weighted by molar-refractivity contribution is 0.174. The number of nitrogens with one attached hydrogen (secondary N) is 1. The summed E-state index contributed by atoms with van der Waals surface area (Å²) in [5.41, 5.74) is 3.67. The van der Waals surface area contributed by atoms with E-state index in [4.69, 9.17) is 31.2 Å². The quantitative estimate of drug-likeness (QED) is 0.298. The molecule has 5 rings (SSSR count). The second kappa shape index (κ2) is 8.92.